The molecule has 136 valence electrons. The number of benzene rings is 1. The van der Waals surface area contributed by atoms with Gasteiger partial charge in [-0.15, -0.1) is 11.8 Å². The third-order valence-electron chi connectivity index (χ3n) is 4.35. The molecule has 5 nitrogen and oxygen atoms in total. The maximum Gasteiger partial charge on any atom is 0.338 e. The van der Waals surface area contributed by atoms with Crippen molar-refractivity contribution in [1.82, 2.24) is 4.90 Å². The maximum atomic E-state index is 12.4. The highest BCUT2D eigenvalue weighted by molar-refractivity contribution is 8.00. The number of carbonyl (C=O) groups excluding carboxylic acids is 2. The van der Waals surface area contributed by atoms with Gasteiger partial charge in [-0.05, 0) is 38.0 Å². The van der Waals surface area contributed by atoms with E-state index in [0.717, 1.165) is 4.90 Å². The summed E-state index contributed by atoms with van der Waals surface area (Å²) in [4.78, 5) is 26.7. The number of piperidine rings is 1. The highest BCUT2D eigenvalue weighted by atomic mass is 32.2. The fourth-order valence-electron chi connectivity index (χ4n) is 2.96. The topological polar surface area (TPSA) is 58.6 Å². The molecule has 0 aromatic heterocycles. The standard InChI is InChI=1S/C17H20F2N2O3S/c1-10-16(22)20-13-8-11(2-3-14(13)25-10)17(23)24-12-4-6-21(7-5-12)9-15(18)19/h2-3,8,10,12,15H,4-7,9H2,1H3,(H,20,22)/t10-/m1/s1. The van der Waals surface area contributed by atoms with Crippen LogP contribution in [0.1, 0.15) is 30.1 Å². The fourth-order valence-corrected chi connectivity index (χ4v) is 3.89. The molecule has 8 heteroatoms. The van der Waals surface area contributed by atoms with Crippen molar-refractivity contribution < 1.29 is 23.1 Å². The molecule has 0 saturated carbocycles. The molecule has 0 bridgehead atoms. The van der Waals surface area contributed by atoms with E-state index in [-0.39, 0.29) is 23.8 Å². The summed E-state index contributed by atoms with van der Waals surface area (Å²) in [6, 6.07) is 5.11. The van der Waals surface area contributed by atoms with Crippen LogP contribution in [0, 0.1) is 0 Å². The van der Waals surface area contributed by atoms with Crippen LogP contribution >= 0.6 is 11.8 Å². The lowest BCUT2D eigenvalue weighted by atomic mass is 10.1. The normalized spacial score (nSPS) is 21.8. The SMILES string of the molecule is C[C@H]1Sc2ccc(C(=O)OC3CCN(CC(F)F)CC3)cc2NC1=O. The number of alkyl halides is 2. The first kappa shape index (κ1) is 18.1. The number of hydrogen-bond donors (Lipinski definition) is 1. The summed E-state index contributed by atoms with van der Waals surface area (Å²) in [6.07, 6.45) is -1.51. The van der Waals surface area contributed by atoms with E-state index >= 15 is 0 Å². The first-order chi connectivity index (χ1) is 11.9. The minimum Gasteiger partial charge on any atom is -0.459 e. The molecule has 0 unspecified atom stereocenters. The molecule has 2 heterocycles. The third kappa shape index (κ3) is 4.49. The number of esters is 1. The summed E-state index contributed by atoms with van der Waals surface area (Å²) in [5.41, 5.74) is 0.999. The van der Waals surface area contributed by atoms with Gasteiger partial charge >= 0.3 is 5.97 Å². The highest BCUT2D eigenvalue weighted by Crippen LogP contribution is 2.36. The van der Waals surface area contributed by atoms with Gasteiger partial charge in [0, 0.05) is 18.0 Å². The molecule has 1 amide bonds. The lowest BCUT2D eigenvalue weighted by molar-refractivity contribution is -0.115. The first-order valence-corrected chi connectivity index (χ1v) is 9.13. The van der Waals surface area contributed by atoms with Crippen molar-refractivity contribution in [3.63, 3.8) is 0 Å². The molecule has 0 radical (unpaired) electrons. The Morgan fingerprint density at radius 3 is 2.80 bits per heavy atom. The first-order valence-electron chi connectivity index (χ1n) is 8.25. The molecule has 0 spiro atoms. The second-order valence-corrected chi connectivity index (χ2v) is 7.64. The van der Waals surface area contributed by atoms with Crippen molar-refractivity contribution in [1.29, 1.82) is 0 Å². The van der Waals surface area contributed by atoms with E-state index in [1.807, 2.05) is 6.92 Å². The Kier molecular flexibility index (Phi) is 5.58. The molecule has 3 rings (SSSR count). The van der Waals surface area contributed by atoms with Crippen LogP contribution in [0.25, 0.3) is 0 Å². The van der Waals surface area contributed by atoms with E-state index in [9.17, 15) is 18.4 Å². The fraction of sp³-hybridized carbons (Fsp3) is 0.529. The molecule has 1 N–H and O–H groups in total. The van der Waals surface area contributed by atoms with E-state index in [2.05, 4.69) is 5.32 Å². The monoisotopic (exact) mass is 370 g/mol. The largest absolute Gasteiger partial charge is 0.459 e. The van der Waals surface area contributed by atoms with Gasteiger partial charge in [0.25, 0.3) is 6.43 Å². The van der Waals surface area contributed by atoms with Crippen molar-refractivity contribution in [2.75, 3.05) is 25.0 Å². The number of nitrogens with zero attached hydrogens (tertiary/aromatic N) is 1. The molecule has 0 aliphatic carbocycles. The quantitative estimate of drug-likeness (QED) is 0.826. The van der Waals surface area contributed by atoms with E-state index in [1.54, 1.807) is 23.1 Å². The van der Waals surface area contributed by atoms with Crippen LogP contribution in [0.15, 0.2) is 23.1 Å². The molecule has 2 aliphatic heterocycles. The number of anilines is 1. The van der Waals surface area contributed by atoms with Gasteiger partial charge < -0.3 is 10.1 Å². The summed E-state index contributed by atoms with van der Waals surface area (Å²) in [6.45, 7) is 2.58. The molecule has 1 saturated heterocycles. The van der Waals surface area contributed by atoms with Crippen LogP contribution in [-0.2, 0) is 9.53 Å². The van der Waals surface area contributed by atoms with Crippen LogP contribution < -0.4 is 5.32 Å². The van der Waals surface area contributed by atoms with Crippen molar-refractivity contribution in [2.24, 2.45) is 0 Å². The zero-order chi connectivity index (χ0) is 18.0. The van der Waals surface area contributed by atoms with Gasteiger partial charge in [0.2, 0.25) is 5.91 Å². The van der Waals surface area contributed by atoms with Gasteiger partial charge in [0.05, 0.1) is 23.0 Å². The number of nitrogens with one attached hydrogen (secondary N) is 1. The number of rotatable bonds is 4. The summed E-state index contributed by atoms with van der Waals surface area (Å²) >= 11 is 1.45. The predicted octanol–water partition coefficient (Wildman–Crippen LogP) is 3.01. The zero-order valence-corrected chi connectivity index (χ0v) is 14.7. The van der Waals surface area contributed by atoms with Gasteiger partial charge in [-0.3, -0.25) is 9.69 Å². The Balaban J connectivity index is 1.58. The summed E-state index contributed by atoms with van der Waals surface area (Å²) < 4.78 is 30.3. The van der Waals surface area contributed by atoms with Crippen molar-refractivity contribution in [3.05, 3.63) is 23.8 Å². The van der Waals surface area contributed by atoms with Crippen molar-refractivity contribution in [2.45, 2.75) is 42.4 Å². The lowest BCUT2D eigenvalue weighted by Gasteiger charge is -2.31. The Morgan fingerprint density at radius 1 is 1.40 bits per heavy atom. The molecule has 25 heavy (non-hydrogen) atoms. The number of likely N-dealkylation sites (tertiary alicyclic amines) is 1. The summed E-state index contributed by atoms with van der Waals surface area (Å²) in [5.74, 6) is -0.539. The second kappa shape index (κ2) is 7.70. The Morgan fingerprint density at radius 2 is 2.12 bits per heavy atom. The molecule has 1 aromatic rings. The second-order valence-electron chi connectivity index (χ2n) is 6.26. The van der Waals surface area contributed by atoms with Gasteiger partial charge in [-0.25, -0.2) is 13.6 Å². The minimum atomic E-state index is -2.34. The predicted molar refractivity (Wildman–Crippen MR) is 91.3 cm³/mol. The highest BCUT2D eigenvalue weighted by Gasteiger charge is 2.26. The van der Waals surface area contributed by atoms with E-state index < -0.39 is 12.4 Å². The smallest absolute Gasteiger partial charge is 0.338 e. The summed E-state index contributed by atoms with van der Waals surface area (Å²) in [5, 5.41) is 2.62. The number of carbonyl (C=O) groups is 2. The number of ether oxygens (including phenoxy) is 1. The lowest BCUT2D eigenvalue weighted by Crippen LogP contribution is -2.40. The third-order valence-corrected chi connectivity index (χ3v) is 5.53. The average molecular weight is 370 g/mol. The number of fused-ring (bicyclic) bond motifs is 1. The summed E-state index contributed by atoms with van der Waals surface area (Å²) in [7, 11) is 0. The molecule has 1 atom stereocenters. The van der Waals surface area contributed by atoms with E-state index in [1.165, 1.54) is 11.8 Å². The Bertz CT molecular complexity index is 663. The zero-order valence-electron chi connectivity index (χ0n) is 13.8. The van der Waals surface area contributed by atoms with E-state index in [4.69, 9.17) is 4.74 Å². The van der Waals surface area contributed by atoms with Gasteiger partial charge in [0.1, 0.15) is 6.10 Å². The van der Waals surface area contributed by atoms with Crippen molar-refractivity contribution >= 4 is 29.3 Å². The Labute approximate surface area is 149 Å². The Hall–Kier alpha value is -1.67. The molecular weight excluding hydrogens is 350 g/mol. The van der Waals surface area contributed by atoms with Crippen LogP contribution in [-0.4, -0.2) is 54.2 Å². The molecule has 1 aromatic carbocycles. The van der Waals surface area contributed by atoms with Crippen molar-refractivity contribution in [3.8, 4) is 0 Å². The molecule has 1 fully saturated rings. The van der Waals surface area contributed by atoms with Crippen LogP contribution in [0.3, 0.4) is 0 Å². The number of hydrogen-bond acceptors (Lipinski definition) is 5. The number of halogens is 2. The van der Waals surface area contributed by atoms with Crippen LogP contribution in [0.2, 0.25) is 0 Å². The molecule has 2 aliphatic rings. The van der Waals surface area contributed by atoms with Gasteiger partial charge in [-0.1, -0.05) is 0 Å². The van der Waals surface area contributed by atoms with Gasteiger partial charge in [0.15, 0.2) is 0 Å². The number of thioether (sulfide) groups is 1. The van der Waals surface area contributed by atoms with Crippen LogP contribution in [0.4, 0.5) is 14.5 Å². The maximum absolute atomic E-state index is 12.4. The average Bonchev–Trinajstić information content (AvgIpc) is 2.57. The number of amides is 1. The van der Waals surface area contributed by atoms with Crippen LogP contribution in [0.5, 0.6) is 0 Å². The molecular formula is C17H20F2N2O3S. The van der Waals surface area contributed by atoms with E-state index in [0.29, 0.717) is 37.2 Å². The minimum absolute atomic E-state index is 0.0885. The van der Waals surface area contributed by atoms with Gasteiger partial charge in [-0.2, -0.15) is 0 Å².